The van der Waals surface area contributed by atoms with Gasteiger partial charge in [0, 0.05) is 31.8 Å². The molecule has 2 heterocycles. The van der Waals surface area contributed by atoms with Crippen LogP contribution in [-0.4, -0.2) is 73.6 Å². The maximum atomic E-state index is 13.7. The molecule has 1 saturated carbocycles. The van der Waals surface area contributed by atoms with Crippen molar-refractivity contribution in [2.75, 3.05) is 26.1 Å². The summed E-state index contributed by atoms with van der Waals surface area (Å²) in [6.45, 7) is 2.63. The number of carbonyl (C=O) groups excluding carboxylic acids is 1. The summed E-state index contributed by atoms with van der Waals surface area (Å²) in [5.41, 5.74) is -2.19. The van der Waals surface area contributed by atoms with Gasteiger partial charge >= 0.3 is 6.18 Å². The first-order chi connectivity index (χ1) is 15.8. The smallest absolute Gasteiger partial charge is 0.392 e. The van der Waals surface area contributed by atoms with E-state index in [-0.39, 0.29) is 23.0 Å². The third-order valence-corrected chi connectivity index (χ3v) is 9.51. The highest BCUT2D eigenvalue weighted by molar-refractivity contribution is 7.91. The fourth-order valence-electron chi connectivity index (χ4n) is 5.69. The molecule has 2 aliphatic heterocycles. The molecule has 0 bridgehead atoms. The van der Waals surface area contributed by atoms with Gasteiger partial charge in [0.05, 0.1) is 22.0 Å². The number of rotatable bonds is 4. The van der Waals surface area contributed by atoms with Crippen molar-refractivity contribution >= 4 is 15.7 Å². The summed E-state index contributed by atoms with van der Waals surface area (Å²) in [4.78, 5) is 16.9. The van der Waals surface area contributed by atoms with Crippen molar-refractivity contribution in [1.82, 2.24) is 9.80 Å². The van der Waals surface area contributed by atoms with Gasteiger partial charge in [-0.3, -0.25) is 4.79 Å². The van der Waals surface area contributed by atoms with Crippen molar-refractivity contribution in [1.29, 1.82) is 0 Å². The molecule has 11 heteroatoms. The van der Waals surface area contributed by atoms with Crippen molar-refractivity contribution in [3.05, 3.63) is 29.3 Å². The number of fused-ring (bicyclic) bond motifs is 1. The Balaban J connectivity index is 1.59. The van der Waals surface area contributed by atoms with Gasteiger partial charge in [0.25, 0.3) is 0 Å². The van der Waals surface area contributed by atoms with E-state index in [1.807, 2.05) is 7.05 Å². The Labute approximate surface area is 197 Å². The van der Waals surface area contributed by atoms with E-state index in [1.165, 1.54) is 6.92 Å². The van der Waals surface area contributed by atoms with Gasteiger partial charge in [-0.15, -0.1) is 0 Å². The second-order valence-electron chi connectivity index (χ2n) is 9.80. The van der Waals surface area contributed by atoms with Crippen LogP contribution in [0, 0.1) is 5.41 Å². The monoisotopic (exact) mass is 504 g/mol. The minimum absolute atomic E-state index is 0.0344. The molecule has 0 spiro atoms. The predicted molar refractivity (Wildman–Crippen MR) is 117 cm³/mol. The molecule has 0 radical (unpaired) electrons. The van der Waals surface area contributed by atoms with E-state index < -0.39 is 44.9 Å². The number of aliphatic hydroxyl groups is 1. The number of hydrogen-bond donors (Lipinski definition) is 1. The van der Waals surface area contributed by atoms with Gasteiger partial charge in [0.15, 0.2) is 9.84 Å². The Morgan fingerprint density at radius 2 is 1.91 bits per heavy atom. The minimum Gasteiger partial charge on any atom is -0.392 e. The molecule has 0 aromatic heterocycles. The lowest BCUT2D eigenvalue weighted by Crippen LogP contribution is -2.52. The fourth-order valence-corrected chi connectivity index (χ4v) is 7.25. The second kappa shape index (κ2) is 9.07. The molecule has 1 aromatic rings. The molecule has 1 saturated heterocycles. The third kappa shape index (κ3) is 4.59. The van der Waals surface area contributed by atoms with E-state index >= 15 is 0 Å². The van der Waals surface area contributed by atoms with Crippen molar-refractivity contribution in [3.8, 4) is 0 Å². The first kappa shape index (κ1) is 25.4. The van der Waals surface area contributed by atoms with Crippen LogP contribution in [0.1, 0.15) is 50.2 Å². The van der Waals surface area contributed by atoms with E-state index in [2.05, 4.69) is 4.90 Å². The number of carbonyl (C=O) groups is 1. The normalized spacial score (nSPS) is 28.7. The summed E-state index contributed by atoms with van der Waals surface area (Å²) in [5.74, 6) is -1.13. The van der Waals surface area contributed by atoms with Crippen LogP contribution in [0.3, 0.4) is 0 Å². The van der Waals surface area contributed by atoms with Crippen LogP contribution in [0.25, 0.3) is 0 Å². The number of hydrogen-bond acceptors (Lipinski definition) is 6. The quantitative estimate of drug-likeness (QED) is 0.679. The highest BCUT2D eigenvalue weighted by Gasteiger charge is 2.53. The standard InChI is InChI=1S/C23H31F3N2O5S/c1-15(29)22(8-5-19(12-22)27(2)18-6-9-33-10-7-18)21(30)28-13-16-11-17(23(24,25)26)3-4-20(16)34(31,32)14-28/h3-4,11,15,18-19,29H,5-10,12-14H2,1-2H3/t15?,19-,22+/m1/s1. The van der Waals surface area contributed by atoms with Gasteiger partial charge in [-0.05, 0) is 69.8 Å². The lowest BCUT2D eigenvalue weighted by atomic mass is 9.79. The SMILES string of the molecule is CC(O)[C@]1(C(=O)N2Cc3cc(C(F)(F)F)ccc3S(=O)(=O)C2)CC[C@@H](N(C)C2CCOCC2)C1. The summed E-state index contributed by atoms with van der Waals surface area (Å²) in [7, 11) is -1.99. The molecular formula is C23H31F3N2O5S. The molecular weight excluding hydrogens is 473 g/mol. The Hall–Kier alpha value is -1.69. The molecule has 1 N–H and O–H groups in total. The zero-order valence-electron chi connectivity index (χ0n) is 19.3. The Bertz CT molecular complexity index is 1040. The topological polar surface area (TPSA) is 87.2 Å². The predicted octanol–water partition coefficient (Wildman–Crippen LogP) is 2.81. The Morgan fingerprint density at radius 1 is 1.24 bits per heavy atom. The largest absolute Gasteiger partial charge is 0.416 e. The average molecular weight is 505 g/mol. The Kier molecular flexibility index (Phi) is 6.78. The zero-order chi connectivity index (χ0) is 24.9. The van der Waals surface area contributed by atoms with Crippen LogP contribution in [0.4, 0.5) is 13.2 Å². The van der Waals surface area contributed by atoms with E-state index in [4.69, 9.17) is 4.74 Å². The van der Waals surface area contributed by atoms with Crippen LogP contribution >= 0.6 is 0 Å². The van der Waals surface area contributed by atoms with Crippen LogP contribution in [0.5, 0.6) is 0 Å². The van der Waals surface area contributed by atoms with Gasteiger partial charge in [0.2, 0.25) is 5.91 Å². The van der Waals surface area contributed by atoms with Gasteiger partial charge in [-0.25, -0.2) is 8.42 Å². The second-order valence-corrected chi connectivity index (χ2v) is 11.7. The number of aliphatic hydroxyl groups excluding tert-OH is 1. The van der Waals surface area contributed by atoms with Gasteiger partial charge in [-0.1, -0.05) is 0 Å². The molecule has 1 aliphatic carbocycles. The summed E-state index contributed by atoms with van der Waals surface area (Å²) >= 11 is 0. The van der Waals surface area contributed by atoms with Crippen LogP contribution in [0.2, 0.25) is 0 Å². The summed E-state index contributed by atoms with van der Waals surface area (Å²) < 4.78 is 70.8. The van der Waals surface area contributed by atoms with Gasteiger partial charge < -0.3 is 19.6 Å². The highest BCUT2D eigenvalue weighted by atomic mass is 32.2. The lowest BCUT2D eigenvalue weighted by molar-refractivity contribution is -0.148. The van der Waals surface area contributed by atoms with E-state index in [0.717, 1.165) is 35.9 Å². The highest BCUT2D eigenvalue weighted by Crippen LogP contribution is 2.46. The number of nitrogens with zero attached hydrogens (tertiary/aromatic N) is 2. The van der Waals surface area contributed by atoms with Gasteiger partial charge in [-0.2, -0.15) is 13.2 Å². The first-order valence-corrected chi connectivity index (χ1v) is 13.2. The zero-order valence-corrected chi connectivity index (χ0v) is 20.2. The molecule has 2 fully saturated rings. The maximum absolute atomic E-state index is 13.7. The molecule has 190 valence electrons. The van der Waals surface area contributed by atoms with Crippen molar-refractivity contribution < 1.29 is 36.2 Å². The van der Waals surface area contributed by atoms with Crippen LogP contribution < -0.4 is 0 Å². The van der Waals surface area contributed by atoms with Gasteiger partial charge in [0.1, 0.15) is 5.88 Å². The molecule has 4 rings (SSSR count). The van der Waals surface area contributed by atoms with E-state index in [0.29, 0.717) is 38.5 Å². The Morgan fingerprint density at radius 3 is 2.53 bits per heavy atom. The molecule has 3 atom stereocenters. The van der Waals surface area contributed by atoms with Crippen LogP contribution in [0.15, 0.2) is 23.1 Å². The molecule has 1 unspecified atom stereocenters. The van der Waals surface area contributed by atoms with Crippen LogP contribution in [-0.2, 0) is 32.1 Å². The fraction of sp³-hybridized carbons (Fsp3) is 0.696. The number of halogens is 3. The van der Waals surface area contributed by atoms with Crippen molar-refractivity contribution in [3.63, 3.8) is 0 Å². The minimum atomic E-state index is -4.63. The summed E-state index contributed by atoms with van der Waals surface area (Å²) in [6.07, 6.45) is -2.48. The number of sulfone groups is 1. The first-order valence-electron chi connectivity index (χ1n) is 11.6. The molecule has 7 nitrogen and oxygen atoms in total. The third-order valence-electron chi connectivity index (χ3n) is 7.79. The number of alkyl halides is 3. The molecule has 3 aliphatic rings. The number of benzene rings is 1. The van der Waals surface area contributed by atoms with Crippen molar-refractivity contribution in [2.24, 2.45) is 5.41 Å². The maximum Gasteiger partial charge on any atom is 0.416 e. The van der Waals surface area contributed by atoms with Crippen molar-refractivity contribution in [2.45, 2.75) is 74.8 Å². The lowest BCUT2D eigenvalue weighted by Gasteiger charge is -2.40. The molecule has 34 heavy (non-hydrogen) atoms. The number of amides is 1. The molecule has 1 amide bonds. The average Bonchev–Trinajstić information content (AvgIpc) is 3.24. The van der Waals surface area contributed by atoms with E-state index in [9.17, 15) is 31.5 Å². The summed E-state index contributed by atoms with van der Waals surface area (Å²) in [5, 5.41) is 10.7. The van der Waals surface area contributed by atoms with E-state index in [1.54, 1.807) is 0 Å². The summed E-state index contributed by atoms with van der Waals surface area (Å²) in [6, 6.07) is 2.86. The number of ether oxygens (including phenoxy) is 1. The molecule has 1 aromatic carbocycles.